The molecule has 0 radical (unpaired) electrons. The molecule has 3 aromatic rings. The van der Waals surface area contributed by atoms with E-state index in [1.165, 1.54) is 16.3 Å². The van der Waals surface area contributed by atoms with Crippen molar-refractivity contribution in [3.05, 3.63) is 57.6 Å². The number of Topliss-reactive ketones (excluding diaryl/α,β-unsaturated/α-hetero) is 1. The highest BCUT2D eigenvalue weighted by Gasteiger charge is 2.14. The number of carbonyl (C=O) groups is 1. The molecular weight excluding hydrogens is 362 g/mol. The maximum Gasteiger partial charge on any atom is 0.262 e. The van der Waals surface area contributed by atoms with Crippen molar-refractivity contribution in [2.24, 2.45) is 0 Å². The Bertz CT molecular complexity index is 954. The zero-order chi connectivity index (χ0) is 17.8. The van der Waals surface area contributed by atoms with Gasteiger partial charge in [-0.1, -0.05) is 23.4 Å². The molecule has 2 aromatic heterocycles. The average molecular weight is 378 g/mol. The number of ketones is 1. The normalized spacial score (nSPS) is 11.1. The number of hydrogen-bond donors (Lipinski definition) is 1. The van der Waals surface area contributed by atoms with Gasteiger partial charge < -0.3 is 9.72 Å². The third kappa shape index (κ3) is 3.95. The van der Waals surface area contributed by atoms with Crippen LogP contribution in [0.5, 0.6) is 0 Å². The highest BCUT2D eigenvalue weighted by molar-refractivity contribution is 7.99. The highest BCUT2D eigenvalue weighted by Crippen LogP contribution is 2.21. The van der Waals surface area contributed by atoms with Crippen LogP contribution in [0.3, 0.4) is 0 Å². The Hall–Kier alpha value is -2.09. The molecule has 6 nitrogen and oxygen atoms in total. The number of ether oxygens (including phenoxy) is 1. The minimum atomic E-state index is -0.173. The van der Waals surface area contributed by atoms with E-state index in [0.717, 1.165) is 0 Å². The minimum Gasteiger partial charge on any atom is -0.383 e. The molecule has 0 unspecified atom stereocenters. The quantitative estimate of drug-likeness (QED) is 0.389. The van der Waals surface area contributed by atoms with Crippen LogP contribution in [-0.4, -0.2) is 39.8 Å². The third-order valence-corrected chi connectivity index (χ3v) is 4.84. The average Bonchev–Trinajstić information content (AvgIpc) is 3.13. The number of aromatic nitrogens is 3. The number of aromatic amines is 1. The van der Waals surface area contributed by atoms with Crippen molar-refractivity contribution in [1.82, 2.24) is 14.5 Å². The number of benzene rings is 1. The lowest BCUT2D eigenvalue weighted by atomic mass is 10.2. The predicted molar refractivity (Wildman–Crippen MR) is 98.7 cm³/mol. The van der Waals surface area contributed by atoms with Gasteiger partial charge in [-0.2, -0.15) is 0 Å². The molecule has 2 heterocycles. The number of fused-ring (bicyclic) bond motifs is 1. The molecule has 1 aromatic carbocycles. The molecule has 3 rings (SSSR count). The second-order valence-corrected chi connectivity index (χ2v) is 6.68. The van der Waals surface area contributed by atoms with Crippen LogP contribution >= 0.6 is 23.4 Å². The molecule has 130 valence electrons. The molecule has 1 N–H and O–H groups in total. The summed E-state index contributed by atoms with van der Waals surface area (Å²) < 4.78 is 6.62. The third-order valence-electron chi connectivity index (χ3n) is 3.63. The van der Waals surface area contributed by atoms with Crippen LogP contribution in [0.2, 0.25) is 5.02 Å². The van der Waals surface area contributed by atoms with E-state index in [1.54, 1.807) is 43.6 Å². The van der Waals surface area contributed by atoms with Gasteiger partial charge in [-0.25, -0.2) is 4.98 Å². The second kappa shape index (κ2) is 7.86. The number of hydrogen-bond acceptors (Lipinski definition) is 5. The standard InChI is InChI=1S/C17H16ClN3O3S/c1-24-8-7-21-16(23)12-5-4-11(18)9-14(12)20-17(21)25-10-15(22)13-3-2-6-19-13/h2-6,9,19H,7-8,10H2,1H3. The van der Waals surface area contributed by atoms with Gasteiger partial charge in [-0.15, -0.1) is 0 Å². The van der Waals surface area contributed by atoms with Gasteiger partial charge in [0.2, 0.25) is 0 Å². The van der Waals surface area contributed by atoms with Crippen molar-refractivity contribution in [2.45, 2.75) is 11.7 Å². The molecule has 0 fully saturated rings. The second-order valence-electron chi connectivity index (χ2n) is 5.30. The summed E-state index contributed by atoms with van der Waals surface area (Å²) in [6.07, 6.45) is 1.70. The fourth-order valence-corrected chi connectivity index (χ4v) is 3.45. The Balaban J connectivity index is 1.96. The van der Waals surface area contributed by atoms with Gasteiger partial charge in [0, 0.05) is 18.3 Å². The Morgan fingerprint density at radius 2 is 2.24 bits per heavy atom. The van der Waals surface area contributed by atoms with Crippen molar-refractivity contribution in [1.29, 1.82) is 0 Å². The van der Waals surface area contributed by atoms with E-state index in [2.05, 4.69) is 9.97 Å². The van der Waals surface area contributed by atoms with Gasteiger partial charge in [0.1, 0.15) is 0 Å². The maximum atomic E-state index is 12.8. The summed E-state index contributed by atoms with van der Waals surface area (Å²) in [7, 11) is 1.57. The van der Waals surface area contributed by atoms with Crippen molar-refractivity contribution in [3.8, 4) is 0 Å². The Morgan fingerprint density at radius 3 is 2.96 bits per heavy atom. The smallest absolute Gasteiger partial charge is 0.262 e. The summed E-state index contributed by atoms with van der Waals surface area (Å²) in [4.78, 5) is 32.4. The molecule has 0 spiro atoms. The largest absolute Gasteiger partial charge is 0.383 e. The van der Waals surface area contributed by atoms with E-state index in [-0.39, 0.29) is 17.1 Å². The Kier molecular flexibility index (Phi) is 5.57. The first-order valence-electron chi connectivity index (χ1n) is 7.58. The summed E-state index contributed by atoms with van der Waals surface area (Å²) >= 11 is 7.23. The number of halogens is 1. The van der Waals surface area contributed by atoms with Crippen molar-refractivity contribution < 1.29 is 9.53 Å². The predicted octanol–water partition coefficient (Wildman–Crippen LogP) is 3.00. The van der Waals surface area contributed by atoms with Crippen molar-refractivity contribution in [2.75, 3.05) is 19.5 Å². The Morgan fingerprint density at radius 1 is 1.40 bits per heavy atom. The van der Waals surface area contributed by atoms with Crippen LogP contribution in [0.15, 0.2) is 46.5 Å². The fraction of sp³-hybridized carbons (Fsp3) is 0.235. The fourth-order valence-electron chi connectivity index (χ4n) is 2.38. The first-order valence-corrected chi connectivity index (χ1v) is 8.95. The van der Waals surface area contributed by atoms with Crippen LogP contribution in [0.1, 0.15) is 10.5 Å². The van der Waals surface area contributed by atoms with E-state index >= 15 is 0 Å². The number of thioether (sulfide) groups is 1. The highest BCUT2D eigenvalue weighted by atomic mass is 35.5. The molecule has 0 amide bonds. The topological polar surface area (TPSA) is 77.0 Å². The molecule has 0 aliphatic carbocycles. The molecule has 0 saturated carbocycles. The van der Waals surface area contributed by atoms with Crippen LogP contribution in [-0.2, 0) is 11.3 Å². The first kappa shape index (κ1) is 17.7. The number of rotatable bonds is 7. The van der Waals surface area contributed by atoms with E-state index in [1.807, 2.05) is 0 Å². The Labute approximate surface area is 153 Å². The SMILES string of the molecule is COCCn1c(SCC(=O)c2ccc[nH]2)nc2cc(Cl)ccc2c1=O. The van der Waals surface area contributed by atoms with Gasteiger partial charge in [0.15, 0.2) is 10.9 Å². The molecule has 0 aliphatic heterocycles. The van der Waals surface area contributed by atoms with Gasteiger partial charge in [0.25, 0.3) is 5.56 Å². The molecule has 0 atom stereocenters. The lowest BCUT2D eigenvalue weighted by Crippen LogP contribution is -2.25. The molecular formula is C17H16ClN3O3S. The number of H-pyrrole nitrogens is 1. The van der Waals surface area contributed by atoms with E-state index in [4.69, 9.17) is 16.3 Å². The van der Waals surface area contributed by atoms with Gasteiger partial charge in [-0.05, 0) is 30.3 Å². The summed E-state index contributed by atoms with van der Waals surface area (Å²) in [6, 6.07) is 8.46. The minimum absolute atomic E-state index is 0.0614. The summed E-state index contributed by atoms with van der Waals surface area (Å²) in [5.41, 5.74) is 0.872. The number of carbonyl (C=O) groups excluding carboxylic acids is 1. The molecule has 25 heavy (non-hydrogen) atoms. The van der Waals surface area contributed by atoms with Gasteiger partial charge >= 0.3 is 0 Å². The zero-order valence-corrected chi connectivity index (χ0v) is 15.1. The summed E-state index contributed by atoms with van der Waals surface area (Å²) in [5.74, 6) is 0.111. The zero-order valence-electron chi connectivity index (χ0n) is 13.5. The van der Waals surface area contributed by atoms with Crippen molar-refractivity contribution in [3.63, 3.8) is 0 Å². The van der Waals surface area contributed by atoms with E-state index in [0.29, 0.717) is 39.9 Å². The van der Waals surface area contributed by atoms with E-state index < -0.39 is 0 Å². The van der Waals surface area contributed by atoms with Crippen LogP contribution in [0.25, 0.3) is 10.9 Å². The monoisotopic (exact) mass is 377 g/mol. The molecule has 0 saturated heterocycles. The molecule has 0 bridgehead atoms. The molecule has 0 aliphatic rings. The first-order chi connectivity index (χ1) is 12.1. The lowest BCUT2D eigenvalue weighted by molar-refractivity contribution is 0.101. The van der Waals surface area contributed by atoms with Crippen LogP contribution < -0.4 is 5.56 Å². The number of nitrogens with zero attached hydrogens (tertiary/aromatic N) is 2. The van der Waals surface area contributed by atoms with E-state index in [9.17, 15) is 9.59 Å². The number of nitrogens with one attached hydrogen (secondary N) is 1. The van der Waals surface area contributed by atoms with Gasteiger partial charge in [-0.3, -0.25) is 14.2 Å². The maximum absolute atomic E-state index is 12.8. The number of methoxy groups -OCH3 is 1. The van der Waals surface area contributed by atoms with Crippen molar-refractivity contribution >= 4 is 40.0 Å². The van der Waals surface area contributed by atoms with Crippen LogP contribution in [0.4, 0.5) is 0 Å². The molecule has 8 heteroatoms. The van der Waals surface area contributed by atoms with Gasteiger partial charge in [0.05, 0.1) is 35.5 Å². The van der Waals surface area contributed by atoms with Crippen LogP contribution in [0, 0.1) is 0 Å². The summed E-state index contributed by atoms with van der Waals surface area (Å²) in [6.45, 7) is 0.735. The summed E-state index contributed by atoms with van der Waals surface area (Å²) in [5, 5.41) is 1.46. The lowest BCUT2D eigenvalue weighted by Gasteiger charge is -2.12.